The van der Waals surface area contributed by atoms with E-state index in [9.17, 15) is 20.1 Å². The molecule has 0 unspecified atom stereocenters. The lowest BCUT2D eigenvalue weighted by Gasteiger charge is -2.19. The Morgan fingerprint density at radius 3 is 2.77 bits per heavy atom. The molecule has 3 N–H and O–H groups in total. The molecule has 164 valence electrons. The minimum absolute atomic E-state index is 0.123. The highest BCUT2D eigenvalue weighted by Gasteiger charge is 2.43. The average molecular weight is 413 g/mol. The summed E-state index contributed by atoms with van der Waals surface area (Å²) in [6.07, 6.45) is 14.2. The van der Waals surface area contributed by atoms with Crippen molar-refractivity contribution < 1.29 is 20.1 Å². The van der Waals surface area contributed by atoms with Gasteiger partial charge in [-0.3, -0.25) is 0 Å². The minimum Gasteiger partial charge on any atom is -0.478 e. The number of carbonyl (C=O) groups is 1. The Balaban J connectivity index is 1.50. The second kappa shape index (κ2) is 10.9. The van der Waals surface area contributed by atoms with E-state index in [1.807, 2.05) is 18.2 Å². The molecule has 30 heavy (non-hydrogen) atoms. The number of aliphatic hydroxyl groups excluding tert-OH is 2. The molecule has 0 heterocycles. The van der Waals surface area contributed by atoms with Gasteiger partial charge in [-0.25, -0.2) is 4.79 Å². The van der Waals surface area contributed by atoms with E-state index in [-0.39, 0.29) is 12.0 Å². The third-order valence-corrected chi connectivity index (χ3v) is 6.80. The second-order valence-electron chi connectivity index (χ2n) is 9.00. The molecule has 1 aromatic carbocycles. The highest BCUT2D eigenvalue weighted by molar-refractivity contribution is 5.89. The van der Waals surface area contributed by atoms with Crippen LogP contribution in [0.2, 0.25) is 0 Å². The van der Waals surface area contributed by atoms with Crippen molar-refractivity contribution in [3.63, 3.8) is 0 Å². The SMILES string of the molecule is CCCCC[C@H](O)C=C[C@H]1[C@H]2CC(CCCc3ccccc3C(=O)O)=C[C@H]2C[C@H]1O. The van der Waals surface area contributed by atoms with Crippen LogP contribution in [0.4, 0.5) is 0 Å². The highest BCUT2D eigenvalue weighted by Crippen LogP contribution is 2.48. The van der Waals surface area contributed by atoms with Gasteiger partial charge in [-0.15, -0.1) is 0 Å². The van der Waals surface area contributed by atoms with Crippen LogP contribution >= 0.6 is 0 Å². The van der Waals surface area contributed by atoms with Crippen molar-refractivity contribution in [2.75, 3.05) is 0 Å². The van der Waals surface area contributed by atoms with Crippen molar-refractivity contribution in [2.45, 2.75) is 76.9 Å². The maximum Gasteiger partial charge on any atom is 0.335 e. The molecule has 1 saturated carbocycles. The number of unbranched alkanes of at least 4 members (excludes halogenated alkanes) is 2. The van der Waals surface area contributed by atoms with Gasteiger partial charge in [0, 0.05) is 5.92 Å². The molecule has 0 spiro atoms. The molecule has 2 aliphatic rings. The maximum atomic E-state index is 11.4. The summed E-state index contributed by atoms with van der Waals surface area (Å²) >= 11 is 0. The zero-order valence-electron chi connectivity index (χ0n) is 18.0. The first kappa shape index (κ1) is 22.8. The largest absolute Gasteiger partial charge is 0.478 e. The van der Waals surface area contributed by atoms with E-state index in [1.54, 1.807) is 12.1 Å². The van der Waals surface area contributed by atoms with E-state index in [0.29, 0.717) is 17.4 Å². The smallest absolute Gasteiger partial charge is 0.335 e. The molecule has 0 saturated heterocycles. The van der Waals surface area contributed by atoms with E-state index in [4.69, 9.17) is 0 Å². The molecule has 0 amide bonds. The number of hydrogen-bond donors (Lipinski definition) is 3. The number of rotatable bonds is 11. The fraction of sp³-hybridized carbons (Fsp3) is 0.577. The Morgan fingerprint density at radius 2 is 2.00 bits per heavy atom. The predicted molar refractivity (Wildman–Crippen MR) is 119 cm³/mol. The first-order valence-electron chi connectivity index (χ1n) is 11.5. The first-order valence-corrected chi connectivity index (χ1v) is 11.5. The van der Waals surface area contributed by atoms with Crippen LogP contribution in [0.5, 0.6) is 0 Å². The number of aliphatic hydroxyl groups is 2. The Morgan fingerprint density at radius 1 is 1.20 bits per heavy atom. The zero-order chi connectivity index (χ0) is 21.5. The van der Waals surface area contributed by atoms with Crippen LogP contribution < -0.4 is 0 Å². The number of hydrogen-bond acceptors (Lipinski definition) is 3. The molecular weight excluding hydrogens is 376 g/mol. The maximum absolute atomic E-state index is 11.4. The van der Waals surface area contributed by atoms with E-state index < -0.39 is 12.1 Å². The summed E-state index contributed by atoms with van der Waals surface area (Å²) in [4.78, 5) is 11.4. The van der Waals surface area contributed by atoms with Crippen LogP contribution in [0.25, 0.3) is 0 Å². The summed E-state index contributed by atoms with van der Waals surface area (Å²) in [7, 11) is 0. The minimum atomic E-state index is -0.860. The predicted octanol–water partition coefficient (Wildman–Crippen LogP) is 5.15. The fourth-order valence-corrected chi connectivity index (χ4v) is 5.20. The Kier molecular flexibility index (Phi) is 8.29. The topological polar surface area (TPSA) is 77.8 Å². The Labute approximate surface area is 180 Å². The lowest BCUT2D eigenvalue weighted by Crippen LogP contribution is -2.18. The molecule has 5 atom stereocenters. The van der Waals surface area contributed by atoms with Gasteiger partial charge in [0.1, 0.15) is 0 Å². The molecule has 1 fully saturated rings. The number of carboxylic acids is 1. The van der Waals surface area contributed by atoms with Gasteiger partial charge in [0.25, 0.3) is 0 Å². The summed E-state index contributed by atoms with van der Waals surface area (Å²) in [5.74, 6) is 0.117. The third-order valence-electron chi connectivity index (χ3n) is 6.80. The lowest BCUT2D eigenvalue weighted by atomic mass is 9.88. The number of benzene rings is 1. The molecule has 1 aromatic rings. The van der Waals surface area contributed by atoms with Crippen molar-refractivity contribution in [3.8, 4) is 0 Å². The number of aromatic carboxylic acids is 1. The summed E-state index contributed by atoms with van der Waals surface area (Å²) in [5.41, 5.74) is 2.74. The van der Waals surface area contributed by atoms with Gasteiger partial charge in [0.15, 0.2) is 0 Å². The number of carboxylic acid groups (broad SMARTS) is 1. The molecule has 0 radical (unpaired) electrons. The number of fused-ring (bicyclic) bond motifs is 1. The van der Waals surface area contributed by atoms with Crippen molar-refractivity contribution in [3.05, 3.63) is 59.2 Å². The highest BCUT2D eigenvalue weighted by atomic mass is 16.4. The quantitative estimate of drug-likeness (QED) is 0.347. The monoisotopic (exact) mass is 412 g/mol. The Hall–Kier alpha value is -1.91. The fourth-order valence-electron chi connectivity index (χ4n) is 5.20. The van der Waals surface area contributed by atoms with Gasteiger partial charge < -0.3 is 15.3 Å². The van der Waals surface area contributed by atoms with Gasteiger partial charge >= 0.3 is 5.97 Å². The van der Waals surface area contributed by atoms with Crippen LogP contribution in [0.1, 0.15) is 74.2 Å². The summed E-state index contributed by atoms with van der Waals surface area (Å²) < 4.78 is 0. The number of allylic oxidation sites excluding steroid dienone is 2. The Bertz CT molecular complexity index is 766. The molecule has 3 rings (SSSR count). The van der Waals surface area contributed by atoms with Crippen LogP contribution in [0.3, 0.4) is 0 Å². The van der Waals surface area contributed by atoms with E-state index in [2.05, 4.69) is 19.1 Å². The normalized spacial score (nSPS) is 26.7. The summed E-state index contributed by atoms with van der Waals surface area (Å²) in [6, 6.07) is 7.25. The van der Waals surface area contributed by atoms with Gasteiger partial charge in [-0.05, 0) is 62.0 Å². The molecule has 0 aliphatic heterocycles. The summed E-state index contributed by atoms with van der Waals surface area (Å²) in [5, 5.41) is 30.0. The van der Waals surface area contributed by atoms with Gasteiger partial charge in [0.05, 0.1) is 17.8 Å². The van der Waals surface area contributed by atoms with Crippen LogP contribution in [-0.2, 0) is 6.42 Å². The molecule has 2 aliphatic carbocycles. The van der Waals surface area contributed by atoms with Crippen LogP contribution in [0.15, 0.2) is 48.1 Å². The third kappa shape index (κ3) is 5.83. The molecule has 4 heteroatoms. The standard InChI is InChI=1S/C26H36O4/c1-2-3-4-11-21(27)13-14-23-24-16-18(15-20(24)17-25(23)28)8-7-10-19-9-5-6-12-22(19)26(29)30/h5-6,9,12-15,20-21,23-25,27-28H,2-4,7-8,10-11,16-17H2,1H3,(H,29,30)/t20-,21-,23-,24-,25+/m0/s1. The lowest BCUT2D eigenvalue weighted by molar-refractivity contribution is 0.0695. The molecule has 0 aromatic heterocycles. The van der Waals surface area contributed by atoms with Crippen molar-refractivity contribution in [2.24, 2.45) is 17.8 Å². The van der Waals surface area contributed by atoms with Gasteiger partial charge in [-0.2, -0.15) is 0 Å². The molecule has 0 bridgehead atoms. The van der Waals surface area contributed by atoms with E-state index in [0.717, 1.165) is 63.4 Å². The zero-order valence-corrected chi connectivity index (χ0v) is 18.0. The van der Waals surface area contributed by atoms with Crippen molar-refractivity contribution in [1.82, 2.24) is 0 Å². The van der Waals surface area contributed by atoms with Crippen molar-refractivity contribution >= 4 is 5.97 Å². The molecule has 4 nitrogen and oxygen atoms in total. The molecular formula is C26H36O4. The second-order valence-corrected chi connectivity index (χ2v) is 9.00. The van der Waals surface area contributed by atoms with Gasteiger partial charge in [0.2, 0.25) is 0 Å². The van der Waals surface area contributed by atoms with E-state index in [1.165, 1.54) is 5.57 Å². The van der Waals surface area contributed by atoms with E-state index >= 15 is 0 Å². The van der Waals surface area contributed by atoms with Crippen molar-refractivity contribution in [1.29, 1.82) is 0 Å². The van der Waals surface area contributed by atoms with Crippen LogP contribution in [0, 0.1) is 17.8 Å². The average Bonchev–Trinajstić information content (AvgIpc) is 3.23. The first-order chi connectivity index (χ1) is 14.5. The summed E-state index contributed by atoms with van der Waals surface area (Å²) in [6.45, 7) is 2.16. The van der Waals surface area contributed by atoms with Gasteiger partial charge in [-0.1, -0.05) is 68.2 Å². The van der Waals surface area contributed by atoms with Crippen LogP contribution in [-0.4, -0.2) is 33.5 Å². The number of aryl methyl sites for hydroxylation is 1.